The molecule has 0 amide bonds. The molecule has 2 atom stereocenters. The zero-order chi connectivity index (χ0) is 12.3. The Labute approximate surface area is 99.5 Å². The van der Waals surface area contributed by atoms with Gasteiger partial charge >= 0.3 is 0 Å². The van der Waals surface area contributed by atoms with Gasteiger partial charge in [-0.15, -0.1) is 0 Å². The number of hydrogen-bond donors (Lipinski definition) is 1. The summed E-state index contributed by atoms with van der Waals surface area (Å²) in [5.41, 5.74) is 0. The predicted octanol–water partition coefficient (Wildman–Crippen LogP) is 1.04. The molecule has 0 bridgehead atoms. The first-order chi connectivity index (χ1) is 7.41. The van der Waals surface area contributed by atoms with Crippen LogP contribution in [0.5, 0.6) is 0 Å². The van der Waals surface area contributed by atoms with Crippen LogP contribution < -0.4 is 5.32 Å². The summed E-state index contributed by atoms with van der Waals surface area (Å²) in [6.07, 6.45) is 2.00. The van der Waals surface area contributed by atoms with E-state index in [1.165, 1.54) is 0 Å². The molecule has 1 fully saturated rings. The molecular formula is C11H24N2O2S. The first kappa shape index (κ1) is 13.9. The van der Waals surface area contributed by atoms with Crippen molar-refractivity contribution in [3.63, 3.8) is 0 Å². The Hall–Kier alpha value is -0.130. The summed E-state index contributed by atoms with van der Waals surface area (Å²) in [7, 11) is -1.34. The zero-order valence-electron chi connectivity index (χ0n) is 10.7. The highest BCUT2D eigenvalue weighted by atomic mass is 32.2. The molecule has 4 nitrogen and oxygen atoms in total. The van der Waals surface area contributed by atoms with Crippen LogP contribution in [0.25, 0.3) is 0 Å². The van der Waals surface area contributed by atoms with Gasteiger partial charge in [-0.25, -0.2) is 8.42 Å². The minimum absolute atomic E-state index is 0.198. The van der Waals surface area contributed by atoms with Gasteiger partial charge in [0.05, 0.1) is 5.25 Å². The average molecular weight is 248 g/mol. The van der Waals surface area contributed by atoms with Crippen LogP contribution in [0.1, 0.15) is 33.6 Å². The van der Waals surface area contributed by atoms with Crippen molar-refractivity contribution < 1.29 is 8.42 Å². The van der Waals surface area contributed by atoms with Crippen LogP contribution in [-0.4, -0.2) is 44.2 Å². The van der Waals surface area contributed by atoms with Gasteiger partial charge in [-0.05, 0) is 32.7 Å². The minimum atomic E-state index is -3.12. The molecule has 0 aliphatic carbocycles. The molecule has 0 aromatic heterocycles. The lowest BCUT2D eigenvalue weighted by atomic mass is 10.0. The quantitative estimate of drug-likeness (QED) is 0.791. The lowest BCUT2D eigenvalue weighted by molar-refractivity contribution is 0.312. The minimum Gasteiger partial charge on any atom is -0.318 e. The summed E-state index contributed by atoms with van der Waals surface area (Å²) in [6, 6.07) is 0.198. The third kappa shape index (κ3) is 2.76. The van der Waals surface area contributed by atoms with E-state index in [2.05, 4.69) is 19.2 Å². The fourth-order valence-electron chi connectivity index (χ4n) is 2.37. The van der Waals surface area contributed by atoms with Crippen LogP contribution in [0, 0.1) is 5.92 Å². The molecule has 1 heterocycles. The molecule has 0 spiro atoms. The highest BCUT2D eigenvalue weighted by molar-refractivity contribution is 7.89. The van der Waals surface area contributed by atoms with E-state index in [-0.39, 0.29) is 11.3 Å². The molecule has 0 aromatic rings. The normalized spacial score (nSPS) is 25.2. The molecule has 96 valence electrons. The van der Waals surface area contributed by atoms with Gasteiger partial charge in [0.2, 0.25) is 10.0 Å². The second-order valence-electron chi connectivity index (χ2n) is 4.98. The van der Waals surface area contributed by atoms with Crippen molar-refractivity contribution in [1.29, 1.82) is 0 Å². The molecule has 16 heavy (non-hydrogen) atoms. The summed E-state index contributed by atoms with van der Waals surface area (Å²) in [4.78, 5) is 0. The van der Waals surface area contributed by atoms with E-state index in [9.17, 15) is 8.42 Å². The van der Waals surface area contributed by atoms with Gasteiger partial charge < -0.3 is 5.32 Å². The van der Waals surface area contributed by atoms with E-state index in [0.29, 0.717) is 19.0 Å². The van der Waals surface area contributed by atoms with Crippen LogP contribution in [0.15, 0.2) is 0 Å². The second kappa shape index (κ2) is 5.47. The maximum absolute atomic E-state index is 12.3. The number of rotatable bonds is 5. The van der Waals surface area contributed by atoms with Gasteiger partial charge in [-0.1, -0.05) is 13.8 Å². The van der Waals surface area contributed by atoms with E-state index >= 15 is 0 Å². The van der Waals surface area contributed by atoms with Crippen LogP contribution in [0.2, 0.25) is 0 Å². The molecule has 1 rings (SSSR count). The smallest absolute Gasteiger partial charge is 0.218 e. The molecule has 2 unspecified atom stereocenters. The molecule has 1 aliphatic rings. The summed E-state index contributed by atoms with van der Waals surface area (Å²) >= 11 is 0. The standard InChI is InChI=1S/C11H24N2O2S/c1-9(2)11-6-5-7-13(11)16(14,15)10(3)8-12-4/h9-12H,5-8H2,1-4H3. The lowest BCUT2D eigenvalue weighted by Crippen LogP contribution is -2.45. The van der Waals surface area contributed by atoms with Gasteiger partial charge in [-0.2, -0.15) is 4.31 Å². The summed E-state index contributed by atoms with van der Waals surface area (Å²) < 4.78 is 26.4. The largest absolute Gasteiger partial charge is 0.318 e. The topological polar surface area (TPSA) is 49.4 Å². The van der Waals surface area contributed by atoms with Crippen LogP contribution in [-0.2, 0) is 10.0 Å². The van der Waals surface area contributed by atoms with Crippen LogP contribution in [0.3, 0.4) is 0 Å². The van der Waals surface area contributed by atoms with Gasteiger partial charge in [-0.3, -0.25) is 0 Å². The monoisotopic (exact) mass is 248 g/mol. The SMILES string of the molecule is CNCC(C)S(=O)(=O)N1CCCC1C(C)C. The Morgan fingerprint density at radius 1 is 1.38 bits per heavy atom. The number of nitrogens with zero attached hydrogens (tertiary/aromatic N) is 1. The maximum Gasteiger partial charge on any atom is 0.218 e. The zero-order valence-corrected chi connectivity index (χ0v) is 11.5. The Morgan fingerprint density at radius 2 is 2.00 bits per heavy atom. The third-order valence-corrected chi connectivity index (χ3v) is 5.64. The Bertz CT molecular complexity index is 314. The van der Waals surface area contributed by atoms with Crippen molar-refractivity contribution in [1.82, 2.24) is 9.62 Å². The highest BCUT2D eigenvalue weighted by Crippen LogP contribution is 2.28. The summed E-state index contributed by atoms with van der Waals surface area (Å²) in [5, 5.41) is 2.60. The van der Waals surface area contributed by atoms with Gasteiger partial charge in [0.15, 0.2) is 0 Å². The maximum atomic E-state index is 12.3. The molecule has 1 saturated heterocycles. The van der Waals surface area contributed by atoms with Crippen molar-refractivity contribution in [3.8, 4) is 0 Å². The predicted molar refractivity (Wildman–Crippen MR) is 66.9 cm³/mol. The fraction of sp³-hybridized carbons (Fsp3) is 1.00. The van der Waals surface area contributed by atoms with Crippen molar-refractivity contribution in [2.75, 3.05) is 20.1 Å². The Morgan fingerprint density at radius 3 is 2.50 bits per heavy atom. The van der Waals surface area contributed by atoms with E-state index in [0.717, 1.165) is 12.8 Å². The molecular weight excluding hydrogens is 224 g/mol. The Kier molecular flexibility index (Phi) is 4.76. The number of nitrogens with one attached hydrogen (secondary N) is 1. The van der Waals surface area contributed by atoms with E-state index < -0.39 is 10.0 Å². The van der Waals surface area contributed by atoms with E-state index in [4.69, 9.17) is 0 Å². The van der Waals surface area contributed by atoms with Crippen molar-refractivity contribution in [2.24, 2.45) is 5.92 Å². The van der Waals surface area contributed by atoms with E-state index in [1.54, 1.807) is 18.3 Å². The third-order valence-electron chi connectivity index (χ3n) is 3.34. The Balaban J connectivity index is 2.82. The molecule has 1 N–H and O–H groups in total. The van der Waals surface area contributed by atoms with Crippen molar-refractivity contribution in [3.05, 3.63) is 0 Å². The fourth-order valence-corrected chi connectivity index (χ4v) is 4.32. The number of hydrogen-bond acceptors (Lipinski definition) is 3. The van der Waals surface area contributed by atoms with E-state index in [1.807, 2.05) is 0 Å². The first-order valence-electron chi connectivity index (χ1n) is 6.06. The molecule has 0 saturated carbocycles. The molecule has 0 aromatic carbocycles. The first-order valence-corrected chi connectivity index (χ1v) is 7.56. The lowest BCUT2D eigenvalue weighted by Gasteiger charge is -2.29. The van der Waals surface area contributed by atoms with Crippen molar-refractivity contribution in [2.45, 2.75) is 44.9 Å². The van der Waals surface area contributed by atoms with Crippen molar-refractivity contribution >= 4 is 10.0 Å². The van der Waals surface area contributed by atoms with Gasteiger partial charge in [0.25, 0.3) is 0 Å². The average Bonchev–Trinajstić information content (AvgIpc) is 2.66. The highest BCUT2D eigenvalue weighted by Gasteiger charge is 2.38. The molecule has 1 aliphatic heterocycles. The van der Waals surface area contributed by atoms with Crippen LogP contribution >= 0.6 is 0 Å². The summed E-state index contributed by atoms with van der Waals surface area (Å²) in [5.74, 6) is 0.402. The molecule has 5 heteroatoms. The van der Waals surface area contributed by atoms with Gasteiger partial charge in [0, 0.05) is 19.1 Å². The van der Waals surface area contributed by atoms with Crippen LogP contribution in [0.4, 0.5) is 0 Å². The molecule has 0 radical (unpaired) electrons. The van der Waals surface area contributed by atoms with Gasteiger partial charge in [0.1, 0.15) is 0 Å². The second-order valence-corrected chi connectivity index (χ2v) is 7.28. The summed E-state index contributed by atoms with van der Waals surface area (Å²) in [6.45, 7) is 7.19. The number of sulfonamides is 1.